The molecule has 15 heavy (non-hydrogen) atoms. The molecule has 3 nitrogen and oxygen atoms in total. The van der Waals surface area contributed by atoms with E-state index in [-0.39, 0.29) is 12.2 Å². The van der Waals surface area contributed by atoms with Crippen molar-refractivity contribution in [3.8, 4) is 0 Å². The van der Waals surface area contributed by atoms with Crippen molar-refractivity contribution in [2.24, 2.45) is 5.73 Å². The molecular formula is C11H27NO2Si. The monoisotopic (exact) mass is 233 g/mol. The molecule has 0 saturated carbocycles. The van der Waals surface area contributed by atoms with E-state index in [1.807, 2.05) is 0 Å². The predicted octanol–water partition coefficient (Wildman–Crippen LogP) is 2.19. The maximum absolute atomic E-state index is 5.90. The van der Waals surface area contributed by atoms with E-state index in [0.29, 0.717) is 5.54 Å². The zero-order valence-electron chi connectivity index (χ0n) is 10.8. The van der Waals surface area contributed by atoms with Crippen LogP contribution in [0.2, 0.25) is 5.54 Å². The van der Waals surface area contributed by atoms with Gasteiger partial charge in [0.1, 0.15) is 0 Å². The van der Waals surface area contributed by atoms with E-state index < -0.39 is 9.28 Å². The fourth-order valence-corrected chi connectivity index (χ4v) is 3.59. The van der Waals surface area contributed by atoms with Crippen LogP contribution < -0.4 is 5.73 Å². The largest absolute Gasteiger partial charge is 0.394 e. The van der Waals surface area contributed by atoms with Gasteiger partial charge in [-0.15, -0.1) is 0 Å². The smallest absolute Gasteiger partial charge is 0.324 e. The fraction of sp³-hybridized carbons (Fsp3) is 1.00. The van der Waals surface area contributed by atoms with Gasteiger partial charge in [0.05, 0.1) is 0 Å². The predicted molar refractivity (Wildman–Crippen MR) is 67.3 cm³/mol. The van der Waals surface area contributed by atoms with E-state index in [1.54, 1.807) is 0 Å². The van der Waals surface area contributed by atoms with Gasteiger partial charge in [0.2, 0.25) is 0 Å². The molecule has 0 aliphatic heterocycles. The number of hydrogen-bond donors (Lipinski definition) is 1. The van der Waals surface area contributed by atoms with Crippen molar-refractivity contribution < 1.29 is 8.85 Å². The first-order valence-corrected chi connectivity index (χ1v) is 7.59. The minimum Gasteiger partial charge on any atom is -0.394 e. The molecule has 0 aromatic carbocycles. The van der Waals surface area contributed by atoms with Gasteiger partial charge in [0, 0.05) is 12.2 Å². The Labute approximate surface area is 96.2 Å². The van der Waals surface area contributed by atoms with Crippen molar-refractivity contribution in [3.63, 3.8) is 0 Å². The third-order valence-corrected chi connectivity index (χ3v) is 5.03. The summed E-state index contributed by atoms with van der Waals surface area (Å²) in [5, 5.41) is 0. The van der Waals surface area contributed by atoms with E-state index in [0.717, 1.165) is 19.4 Å². The molecule has 4 heteroatoms. The summed E-state index contributed by atoms with van der Waals surface area (Å²) in [7, 11) is -1.53. The van der Waals surface area contributed by atoms with Crippen molar-refractivity contribution in [1.82, 2.24) is 0 Å². The molecule has 0 rings (SSSR count). The summed E-state index contributed by atoms with van der Waals surface area (Å²) >= 11 is 0. The standard InChI is InChI=1S/C11H27NO2Si/c1-9(2)13-15(14-10(3)4)11(5)7-6-8-12/h9-11,15H,6-8,12H2,1-5H3. The zero-order valence-corrected chi connectivity index (χ0v) is 12.0. The quantitative estimate of drug-likeness (QED) is 0.654. The Hall–Kier alpha value is 0.0969. The minimum atomic E-state index is -1.53. The van der Waals surface area contributed by atoms with Gasteiger partial charge in [-0.1, -0.05) is 6.92 Å². The van der Waals surface area contributed by atoms with Crippen molar-refractivity contribution >= 4 is 9.28 Å². The van der Waals surface area contributed by atoms with Gasteiger partial charge in [0.25, 0.3) is 0 Å². The van der Waals surface area contributed by atoms with Crippen LogP contribution in [0.1, 0.15) is 47.5 Å². The van der Waals surface area contributed by atoms with Crippen molar-refractivity contribution in [1.29, 1.82) is 0 Å². The first-order valence-electron chi connectivity index (χ1n) is 5.98. The third-order valence-electron chi connectivity index (χ3n) is 2.14. The SMILES string of the molecule is CC(C)O[SiH](OC(C)C)C(C)CCCN. The Bertz CT molecular complexity index is 144. The van der Waals surface area contributed by atoms with Crippen LogP contribution in [0.3, 0.4) is 0 Å². The van der Waals surface area contributed by atoms with Crippen LogP contribution in [0.4, 0.5) is 0 Å². The van der Waals surface area contributed by atoms with Crippen molar-refractivity contribution in [2.45, 2.75) is 65.2 Å². The first kappa shape index (κ1) is 15.1. The van der Waals surface area contributed by atoms with Gasteiger partial charge in [-0.2, -0.15) is 0 Å². The minimum absolute atomic E-state index is 0.265. The molecule has 0 spiro atoms. The Morgan fingerprint density at radius 2 is 1.47 bits per heavy atom. The van der Waals surface area contributed by atoms with Crippen LogP contribution in [-0.2, 0) is 8.85 Å². The van der Waals surface area contributed by atoms with Crippen LogP contribution >= 0.6 is 0 Å². The van der Waals surface area contributed by atoms with Crippen molar-refractivity contribution in [3.05, 3.63) is 0 Å². The molecule has 0 fully saturated rings. The van der Waals surface area contributed by atoms with Crippen LogP contribution in [0.25, 0.3) is 0 Å². The zero-order chi connectivity index (χ0) is 11.8. The molecule has 0 bridgehead atoms. The summed E-state index contributed by atoms with van der Waals surface area (Å²) in [5.41, 5.74) is 6.05. The average Bonchev–Trinajstić information content (AvgIpc) is 2.11. The lowest BCUT2D eigenvalue weighted by Gasteiger charge is -2.26. The summed E-state index contributed by atoms with van der Waals surface area (Å²) in [6, 6.07) is 0. The first-order chi connectivity index (χ1) is 6.97. The Morgan fingerprint density at radius 3 is 1.80 bits per heavy atom. The molecule has 0 amide bonds. The van der Waals surface area contributed by atoms with Gasteiger partial charge in [-0.05, 0) is 52.6 Å². The van der Waals surface area contributed by atoms with Gasteiger partial charge in [-0.25, -0.2) is 0 Å². The molecule has 0 aliphatic rings. The third kappa shape index (κ3) is 7.96. The molecule has 1 atom stereocenters. The fourth-order valence-electron chi connectivity index (χ4n) is 1.41. The highest BCUT2D eigenvalue weighted by molar-refractivity contribution is 6.46. The molecule has 1 unspecified atom stereocenters. The van der Waals surface area contributed by atoms with E-state index in [4.69, 9.17) is 14.6 Å². The lowest BCUT2D eigenvalue weighted by atomic mass is 10.2. The molecule has 0 aromatic heterocycles. The number of nitrogens with two attached hydrogens (primary N) is 1. The maximum Gasteiger partial charge on any atom is 0.324 e. The maximum atomic E-state index is 5.90. The van der Waals surface area contributed by atoms with E-state index in [1.165, 1.54) is 0 Å². The number of hydrogen-bond acceptors (Lipinski definition) is 3. The normalized spacial score (nSPS) is 14.2. The highest BCUT2D eigenvalue weighted by Gasteiger charge is 2.24. The second kappa shape index (κ2) is 8.27. The van der Waals surface area contributed by atoms with Gasteiger partial charge < -0.3 is 14.6 Å². The van der Waals surface area contributed by atoms with E-state index >= 15 is 0 Å². The summed E-state index contributed by atoms with van der Waals surface area (Å²) in [4.78, 5) is 0. The van der Waals surface area contributed by atoms with Crippen molar-refractivity contribution in [2.75, 3.05) is 6.54 Å². The van der Waals surface area contributed by atoms with Crippen LogP contribution in [0.15, 0.2) is 0 Å². The molecule has 0 aliphatic carbocycles. The Morgan fingerprint density at radius 1 is 1.00 bits per heavy atom. The van der Waals surface area contributed by atoms with Gasteiger partial charge in [0.15, 0.2) is 0 Å². The lowest BCUT2D eigenvalue weighted by molar-refractivity contribution is 0.123. The summed E-state index contributed by atoms with van der Waals surface area (Å²) < 4.78 is 11.8. The van der Waals surface area contributed by atoms with Crippen LogP contribution in [0.5, 0.6) is 0 Å². The topological polar surface area (TPSA) is 44.5 Å². The lowest BCUT2D eigenvalue weighted by Crippen LogP contribution is -2.33. The van der Waals surface area contributed by atoms with Gasteiger partial charge >= 0.3 is 9.28 Å². The molecule has 0 radical (unpaired) electrons. The highest BCUT2D eigenvalue weighted by atomic mass is 28.3. The van der Waals surface area contributed by atoms with E-state index in [9.17, 15) is 0 Å². The number of rotatable bonds is 8. The van der Waals surface area contributed by atoms with E-state index in [2.05, 4.69) is 34.6 Å². The molecule has 92 valence electrons. The Balaban J connectivity index is 4.07. The molecular weight excluding hydrogens is 206 g/mol. The average molecular weight is 233 g/mol. The summed E-state index contributed by atoms with van der Waals surface area (Å²) in [5.74, 6) is 0. The van der Waals surface area contributed by atoms with Crippen LogP contribution in [-0.4, -0.2) is 28.0 Å². The Kier molecular flexibility index (Phi) is 8.33. The van der Waals surface area contributed by atoms with Crippen LogP contribution in [0, 0.1) is 0 Å². The second-order valence-electron chi connectivity index (χ2n) is 4.65. The summed E-state index contributed by atoms with van der Waals surface area (Å²) in [6.07, 6.45) is 2.71. The second-order valence-corrected chi connectivity index (χ2v) is 7.07. The molecule has 0 heterocycles. The molecule has 0 saturated heterocycles. The van der Waals surface area contributed by atoms with Gasteiger partial charge in [-0.3, -0.25) is 0 Å². The molecule has 0 aromatic rings. The summed E-state index contributed by atoms with van der Waals surface area (Å²) in [6.45, 7) is 11.3. The highest BCUT2D eigenvalue weighted by Crippen LogP contribution is 2.20. The molecule has 2 N–H and O–H groups in total.